The van der Waals surface area contributed by atoms with E-state index in [0.29, 0.717) is 19.5 Å². The zero-order chi connectivity index (χ0) is 20.2. The van der Waals surface area contributed by atoms with Crippen molar-refractivity contribution in [3.63, 3.8) is 0 Å². The molecule has 0 radical (unpaired) electrons. The van der Waals surface area contributed by atoms with Gasteiger partial charge in [-0.05, 0) is 31.9 Å². The minimum absolute atomic E-state index is 0.167. The summed E-state index contributed by atoms with van der Waals surface area (Å²) in [4.78, 5) is 22.7. The Morgan fingerprint density at radius 1 is 1.18 bits per heavy atom. The number of nitrogens with zero attached hydrogens (tertiary/aromatic N) is 4. The number of amides is 1. The number of hydrogen-bond donors (Lipinski definition) is 2. The average molecular weight is 385 g/mol. The molecule has 1 aromatic heterocycles. The summed E-state index contributed by atoms with van der Waals surface area (Å²) in [5.74, 6) is 0.899. The van der Waals surface area contributed by atoms with Crippen molar-refractivity contribution in [1.82, 2.24) is 25.1 Å². The van der Waals surface area contributed by atoms with Gasteiger partial charge < -0.3 is 20.1 Å². The van der Waals surface area contributed by atoms with E-state index in [0.717, 1.165) is 37.7 Å². The quantitative estimate of drug-likeness (QED) is 0.487. The average Bonchev–Trinajstić information content (AvgIpc) is 3.20. The largest absolute Gasteiger partial charge is 0.357 e. The fourth-order valence-corrected chi connectivity index (χ4v) is 2.95. The summed E-state index contributed by atoms with van der Waals surface area (Å²) in [5, 5.41) is 6.49. The van der Waals surface area contributed by atoms with E-state index in [1.807, 2.05) is 42.8 Å². The molecule has 2 rings (SSSR count). The predicted molar refractivity (Wildman–Crippen MR) is 113 cm³/mol. The van der Waals surface area contributed by atoms with Gasteiger partial charge in [0, 0.05) is 51.5 Å². The van der Waals surface area contributed by atoms with Crippen LogP contribution in [0.25, 0.3) is 0 Å². The molecule has 0 aliphatic heterocycles. The number of nitrogens with one attached hydrogen (secondary N) is 2. The lowest BCUT2D eigenvalue weighted by Crippen LogP contribution is -2.40. The number of carbonyl (C=O) groups is 1. The third-order valence-electron chi connectivity index (χ3n) is 4.43. The van der Waals surface area contributed by atoms with E-state index in [9.17, 15) is 4.79 Å². The highest BCUT2D eigenvalue weighted by molar-refractivity contribution is 5.81. The first-order valence-corrected chi connectivity index (χ1v) is 9.99. The molecule has 1 heterocycles. The smallest absolute Gasteiger partial charge is 0.224 e. The van der Waals surface area contributed by atoms with Crippen LogP contribution in [0.4, 0.5) is 0 Å². The van der Waals surface area contributed by atoms with Crippen LogP contribution in [0, 0.1) is 0 Å². The topological polar surface area (TPSA) is 74.5 Å². The van der Waals surface area contributed by atoms with Gasteiger partial charge >= 0.3 is 0 Å². The molecule has 2 N–H and O–H groups in total. The summed E-state index contributed by atoms with van der Waals surface area (Å²) in [5.41, 5.74) is 2.36. The molecule has 152 valence electrons. The zero-order valence-electron chi connectivity index (χ0n) is 17.2. The van der Waals surface area contributed by atoms with E-state index in [-0.39, 0.29) is 5.91 Å². The van der Waals surface area contributed by atoms with Gasteiger partial charge in [0.2, 0.25) is 5.91 Å². The van der Waals surface area contributed by atoms with Crippen LogP contribution in [-0.4, -0.2) is 52.5 Å². The molecule has 1 amide bonds. The van der Waals surface area contributed by atoms with E-state index in [1.165, 1.54) is 5.56 Å². The standard InChI is InChI=1S/C21H32N6O/c1-4-23-21(24-11-10-20(28)27(5-2)6-3)25-15-18-8-7-9-19(14-18)16-26-13-12-22-17-26/h7-9,12-14,17H,4-6,10-11,15-16H2,1-3H3,(H2,23,24,25). The first-order valence-electron chi connectivity index (χ1n) is 9.99. The Balaban J connectivity index is 1.90. The van der Waals surface area contributed by atoms with Crippen LogP contribution in [0.2, 0.25) is 0 Å². The van der Waals surface area contributed by atoms with Gasteiger partial charge in [-0.25, -0.2) is 9.98 Å². The molecule has 0 saturated heterocycles. The van der Waals surface area contributed by atoms with E-state index in [4.69, 9.17) is 0 Å². The molecular formula is C21H32N6O. The maximum Gasteiger partial charge on any atom is 0.224 e. The van der Waals surface area contributed by atoms with Gasteiger partial charge in [0.1, 0.15) is 0 Å². The Kier molecular flexibility index (Phi) is 9.04. The van der Waals surface area contributed by atoms with Gasteiger partial charge in [-0.1, -0.05) is 24.3 Å². The third kappa shape index (κ3) is 7.06. The second kappa shape index (κ2) is 11.8. The van der Waals surface area contributed by atoms with Crippen LogP contribution in [0.15, 0.2) is 48.0 Å². The Hall–Kier alpha value is -2.83. The molecule has 28 heavy (non-hydrogen) atoms. The Labute approximate surface area is 167 Å². The molecule has 0 atom stereocenters. The maximum absolute atomic E-state index is 12.1. The highest BCUT2D eigenvalue weighted by Gasteiger charge is 2.09. The number of benzene rings is 1. The minimum Gasteiger partial charge on any atom is -0.357 e. The SMILES string of the molecule is CCNC(=NCc1cccc(Cn2ccnc2)c1)NCCC(=O)N(CC)CC. The predicted octanol–water partition coefficient (Wildman–Crippen LogP) is 2.25. The molecule has 0 saturated carbocycles. The molecule has 0 spiro atoms. The monoisotopic (exact) mass is 384 g/mol. The van der Waals surface area contributed by atoms with Gasteiger partial charge in [0.15, 0.2) is 5.96 Å². The number of aliphatic imine (C=N–C) groups is 1. The van der Waals surface area contributed by atoms with Crippen molar-refractivity contribution in [2.75, 3.05) is 26.2 Å². The molecule has 1 aromatic carbocycles. The number of imidazole rings is 1. The number of guanidine groups is 1. The van der Waals surface area contributed by atoms with E-state index in [1.54, 1.807) is 6.20 Å². The molecule has 0 bridgehead atoms. The van der Waals surface area contributed by atoms with Crippen molar-refractivity contribution in [2.45, 2.75) is 40.3 Å². The van der Waals surface area contributed by atoms with Crippen LogP contribution in [0.1, 0.15) is 38.3 Å². The Morgan fingerprint density at radius 3 is 2.64 bits per heavy atom. The van der Waals surface area contributed by atoms with Crippen LogP contribution >= 0.6 is 0 Å². The Bertz CT molecular complexity index is 737. The molecule has 0 aliphatic rings. The molecule has 0 unspecified atom stereocenters. The number of carbonyl (C=O) groups excluding carboxylic acids is 1. The normalized spacial score (nSPS) is 11.3. The summed E-state index contributed by atoms with van der Waals surface area (Å²) in [6, 6.07) is 8.40. The summed E-state index contributed by atoms with van der Waals surface area (Å²) >= 11 is 0. The van der Waals surface area contributed by atoms with Gasteiger partial charge in [-0.3, -0.25) is 4.79 Å². The molecule has 0 fully saturated rings. The van der Waals surface area contributed by atoms with Crippen molar-refractivity contribution in [2.24, 2.45) is 4.99 Å². The van der Waals surface area contributed by atoms with E-state index >= 15 is 0 Å². The first kappa shape index (κ1) is 21.5. The van der Waals surface area contributed by atoms with Gasteiger partial charge in [-0.15, -0.1) is 0 Å². The molecule has 0 aliphatic carbocycles. The van der Waals surface area contributed by atoms with E-state index < -0.39 is 0 Å². The lowest BCUT2D eigenvalue weighted by atomic mass is 10.1. The highest BCUT2D eigenvalue weighted by Crippen LogP contribution is 2.08. The fraction of sp³-hybridized carbons (Fsp3) is 0.476. The van der Waals surface area contributed by atoms with Crippen molar-refractivity contribution < 1.29 is 4.79 Å². The van der Waals surface area contributed by atoms with Gasteiger partial charge in [0.05, 0.1) is 12.9 Å². The zero-order valence-corrected chi connectivity index (χ0v) is 17.2. The van der Waals surface area contributed by atoms with Crippen LogP contribution in [0.3, 0.4) is 0 Å². The molecule has 7 heteroatoms. The summed E-state index contributed by atoms with van der Waals surface area (Å²) < 4.78 is 2.04. The number of hydrogen-bond acceptors (Lipinski definition) is 3. The van der Waals surface area contributed by atoms with Crippen molar-refractivity contribution in [3.8, 4) is 0 Å². The fourth-order valence-electron chi connectivity index (χ4n) is 2.95. The maximum atomic E-state index is 12.1. The van der Waals surface area contributed by atoms with Crippen molar-refractivity contribution in [1.29, 1.82) is 0 Å². The molecular weight excluding hydrogens is 352 g/mol. The highest BCUT2D eigenvalue weighted by atomic mass is 16.2. The summed E-state index contributed by atoms with van der Waals surface area (Å²) in [6.07, 6.45) is 6.02. The van der Waals surface area contributed by atoms with E-state index in [2.05, 4.69) is 44.9 Å². The molecule has 2 aromatic rings. The van der Waals surface area contributed by atoms with Crippen LogP contribution in [0.5, 0.6) is 0 Å². The van der Waals surface area contributed by atoms with Crippen molar-refractivity contribution >= 4 is 11.9 Å². The summed E-state index contributed by atoms with van der Waals surface area (Å²) in [7, 11) is 0. The van der Waals surface area contributed by atoms with Crippen molar-refractivity contribution in [3.05, 3.63) is 54.1 Å². The second-order valence-electron chi connectivity index (χ2n) is 6.49. The van der Waals surface area contributed by atoms with Crippen LogP contribution in [-0.2, 0) is 17.9 Å². The Morgan fingerprint density at radius 2 is 1.96 bits per heavy atom. The van der Waals surface area contributed by atoms with Gasteiger partial charge in [-0.2, -0.15) is 0 Å². The molecule has 7 nitrogen and oxygen atoms in total. The number of rotatable bonds is 10. The minimum atomic E-state index is 0.167. The lowest BCUT2D eigenvalue weighted by molar-refractivity contribution is -0.130. The van der Waals surface area contributed by atoms with Gasteiger partial charge in [0.25, 0.3) is 0 Å². The third-order valence-corrected chi connectivity index (χ3v) is 4.43. The number of aromatic nitrogens is 2. The lowest BCUT2D eigenvalue weighted by Gasteiger charge is -2.19. The second-order valence-corrected chi connectivity index (χ2v) is 6.49. The van der Waals surface area contributed by atoms with Crippen LogP contribution < -0.4 is 10.6 Å². The first-order chi connectivity index (χ1) is 13.7. The summed E-state index contributed by atoms with van der Waals surface area (Å²) in [6.45, 7) is 10.3.